The molecule has 0 aliphatic heterocycles. The van der Waals surface area contributed by atoms with Crippen LogP contribution in [0.15, 0.2) is 29.4 Å². The van der Waals surface area contributed by atoms with Gasteiger partial charge in [-0.05, 0) is 49.3 Å². The van der Waals surface area contributed by atoms with Crippen LogP contribution in [0.4, 0.5) is 10.2 Å². The first-order valence-corrected chi connectivity index (χ1v) is 12.7. The monoisotopic (exact) mass is 488 g/mol. The van der Waals surface area contributed by atoms with Gasteiger partial charge in [-0.1, -0.05) is 36.0 Å². The van der Waals surface area contributed by atoms with Gasteiger partial charge in [0, 0.05) is 24.3 Å². The Morgan fingerprint density at radius 1 is 1.21 bits per heavy atom. The van der Waals surface area contributed by atoms with Crippen LogP contribution in [0.3, 0.4) is 0 Å². The molecule has 2 heterocycles. The topological polar surface area (TPSA) is 129 Å². The van der Waals surface area contributed by atoms with Crippen molar-refractivity contribution in [2.24, 2.45) is 5.92 Å². The van der Waals surface area contributed by atoms with Crippen molar-refractivity contribution >= 4 is 28.7 Å². The highest BCUT2D eigenvalue weighted by Gasteiger charge is 2.44. The highest BCUT2D eigenvalue weighted by Crippen LogP contribution is 2.44. The minimum atomic E-state index is -1.03. The van der Waals surface area contributed by atoms with Crippen LogP contribution in [0.1, 0.15) is 50.1 Å². The molecule has 6 atom stereocenters. The molecule has 9 nitrogen and oxygen atoms in total. The fourth-order valence-electron chi connectivity index (χ4n) is 4.82. The zero-order valence-corrected chi connectivity index (χ0v) is 19.7. The zero-order valence-electron chi connectivity index (χ0n) is 18.9. The lowest BCUT2D eigenvalue weighted by atomic mass is 10.0. The van der Waals surface area contributed by atoms with Crippen LogP contribution in [-0.4, -0.2) is 70.9 Å². The van der Waals surface area contributed by atoms with Crippen LogP contribution in [-0.2, 0) is 0 Å². The molecule has 3 aromatic rings. The van der Waals surface area contributed by atoms with Crippen molar-refractivity contribution in [3.8, 4) is 0 Å². The van der Waals surface area contributed by atoms with Crippen molar-refractivity contribution in [2.45, 2.75) is 68.0 Å². The maximum absolute atomic E-state index is 13.7. The van der Waals surface area contributed by atoms with Crippen LogP contribution in [0.25, 0.3) is 11.2 Å². The molecule has 0 bridgehead atoms. The van der Waals surface area contributed by atoms with Gasteiger partial charge in [-0.3, -0.25) is 0 Å². The standard InChI is InChI=1S/C23H29FN6O3S/c1-2-8-34-23-26-21(25-16-11-15(16)12-4-3-5-14(24)9-12)18-22(27-23)30(29-28-18)17-10-13(6-7-31)19(32)20(17)33/h3-5,9,13,15-17,19-20,31-33H,2,6-8,10-11H2,1H3,(H,25,26,27). The number of aromatic nitrogens is 5. The van der Waals surface area contributed by atoms with Crippen molar-refractivity contribution in [3.63, 3.8) is 0 Å². The van der Waals surface area contributed by atoms with Crippen molar-refractivity contribution in [1.29, 1.82) is 0 Å². The van der Waals surface area contributed by atoms with Crippen LogP contribution < -0.4 is 5.32 Å². The smallest absolute Gasteiger partial charge is 0.191 e. The molecule has 0 spiro atoms. The van der Waals surface area contributed by atoms with E-state index in [1.165, 1.54) is 17.8 Å². The minimum Gasteiger partial charge on any atom is -0.396 e. The van der Waals surface area contributed by atoms with Crippen LogP contribution in [0.2, 0.25) is 0 Å². The van der Waals surface area contributed by atoms with E-state index in [0.29, 0.717) is 35.0 Å². The second-order valence-electron chi connectivity index (χ2n) is 9.11. The lowest BCUT2D eigenvalue weighted by molar-refractivity contribution is 0.00107. The van der Waals surface area contributed by atoms with Gasteiger partial charge in [-0.15, -0.1) is 5.10 Å². The van der Waals surface area contributed by atoms with Crippen molar-refractivity contribution < 1.29 is 19.7 Å². The molecule has 0 radical (unpaired) electrons. The number of fused-ring (bicyclic) bond motifs is 1. The van der Waals surface area contributed by atoms with E-state index in [-0.39, 0.29) is 30.3 Å². The van der Waals surface area contributed by atoms with Gasteiger partial charge in [0.05, 0.1) is 12.1 Å². The number of thioether (sulfide) groups is 1. The van der Waals surface area contributed by atoms with Crippen molar-refractivity contribution in [1.82, 2.24) is 25.0 Å². The Bertz CT molecular complexity index is 1160. The molecule has 1 aromatic carbocycles. The molecule has 11 heteroatoms. The van der Waals surface area contributed by atoms with Crippen LogP contribution in [0, 0.1) is 11.7 Å². The second kappa shape index (κ2) is 9.73. The third kappa shape index (κ3) is 4.49. The van der Waals surface area contributed by atoms with E-state index in [1.54, 1.807) is 16.8 Å². The average molecular weight is 489 g/mol. The molecule has 0 amide bonds. The predicted molar refractivity (Wildman–Crippen MR) is 126 cm³/mol. The molecular weight excluding hydrogens is 459 g/mol. The summed E-state index contributed by atoms with van der Waals surface area (Å²) in [7, 11) is 0. The molecule has 6 unspecified atom stereocenters. The van der Waals surface area contributed by atoms with Gasteiger partial charge in [-0.2, -0.15) is 0 Å². The highest BCUT2D eigenvalue weighted by molar-refractivity contribution is 7.99. The van der Waals surface area contributed by atoms with Crippen LogP contribution >= 0.6 is 11.8 Å². The SMILES string of the molecule is CCCSc1nc(NC2CC2c2cccc(F)c2)c2nnn(C3CC(CCO)C(O)C3O)c2n1. The largest absolute Gasteiger partial charge is 0.396 e. The lowest BCUT2D eigenvalue weighted by Gasteiger charge is -2.17. The molecule has 182 valence electrons. The Labute approximate surface area is 200 Å². The summed E-state index contributed by atoms with van der Waals surface area (Å²) in [5.41, 5.74) is 1.95. The Morgan fingerprint density at radius 3 is 2.82 bits per heavy atom. The molecule has 2 fully saturated rings. The second-order valence-corrected chi connectivity index (χ2v) is 10.2. The molecule has 2 saturated carbocycles. The molecule has 2 aliphatic rings. The van der Waals surface area contributed by atoms with E-state index < -0.39 is 18.2 Å². The minimum absolute atomic E-state index is 0.0544. The summed E-state index contributed by atoms with van der Waals surface area (Å²) in [4.78, 5) is 9.37. The molecule has 4 N–H and O–H groups in total. The lowest BCUT2D eigenvalue weighted by Crippen LogP contribution is -2.30. The Kier molecular flexibility index (Phi) is 6.70. The van der Waals surface area contributed by atoms with Crippen LogP contribution in [0.5, 0.6) is 0 Å². The first-order valence-electron chi connectivity index (χ1n) is 11.7. The number of nitrogens with zero attached hydrogens (tertiary/aromatic N) is 5. The number of rotatable bonds is 9. The zero-order chi connectivity index (χ0) is 23.8. The number of hydrogen-bond donors (Lipinski definition) is 4. The van der Waals surface area contributed by atoms with E-state index in [1.807, 2.05) is 6.07 Å². The number of benzene rings is 1. The van der Waals surface area contributed by atoms with E-state index in [4.69, 9.17) is 0 Å². The normalized spacial score (nSPS) is 28.5. The van der Waals surface area contributed by atoms with Gasteiger partial charge in [0.25, 0.3) is 0 Å². The summed E-state index contributed by atoms with van der Waals surface area (Å²) in [6.07, 6.45) is 0.729. The Balaban J connectivity index is 1.45. The molecule has 2 aromatic heterocycles. The van der Waals surface area contributed by atoms with Crippen molar-refractivity contribution in [3.05, 3.63) is 35.6 Å². The highest BCUT2D eigenvalue weighted by atomic mass is 32.2. The third-order valence-electron chi connectivity index (χ3n) is 6.71. The summed E-state index contributed by atoms with van der Waals surface area (Å²) < 4.78 is 15.2. The van der Waals surface area contributed by atoms with Gasteiger partial charge >= 0.3 is 0 Å². The maximum atomic E-state index is 13.7. The summed E-state index contributed by atoms with van der Waals surface area (Å²) >= 11 is 1.54. The fourth-order valence-corrected chi connectivity index (χ4v) is 5.52. The number of aliphatic hydroxyl groups is 3. The fraction of sp³-hybridized carbons (Fsp3) is 0.565. The van der Waals surface area contributed by atoms with E-state index >= 15 is 0 Å². The number of aliphatic hydroxyl groups excluding tert-OH is 3. The molecular formula is C23H29FN6O3S. The first-order chi connectivity index (χ1) is 16.5. The summed E-state index contributed by atoms with van der Waals surface area (Å²) in [5, 5.41) is 43.1. The predicted octanol–water partition coefficient (Wildman–Crippen LogP) is 2.50. The van der Waals surface area contributed by atoms with Gasteiger partial charge in [0.1, 0.15) is 11.9 Å². The van der Waals surface area contributed by atoms with Gasteiger partial charge in [-0.25, -0.2) is 19.0 Å². The Hall–Kier alpha value is -2.34. The molecule has 2 aliphatic carbocycles. The van der Waals surface area contributed by atoms with E-state index in [0.717, 1.165) is 24.2 Å². The third-order valence-corrected chi connectivity index (χ3v) is 7.77. The number of halogens is 1. The van der Waals surface area contributed by atoms with Gasteiger partial charge < -0.3 is 20.6 Å². The van der Waals surface area contributed by atoms with Crippen molar-refractivity contribution in [2.75, 3.05) is 17.7 Å². The maximum Gasteiger partial charge on any atom is 0.191 e. The summed E-state index contributed by atoms with van der Waals surface area (Å²) in [5.74, 6) is 1.14. The molecule has 34 heavy (non-hydrogen) atoms. The first kappa shape index (κ1) is 23.4. The quantitative estimate of drug-likeness (QED) is 0.265. The Morgan fingerprint density at radius 2 is 2.06 bits per heavy atom. The number of nitrogens with one attached hydrogen (secondary N) is 1. The molecule has 5 rings (SSSR count). The van der Waals surface area contributed by atoms with E-state index in [2.05, 4.69) is 32.5 Å². The van der Waals surface area contributed by atoms with Gasteiger partial charge in [0.2, 0.25) is 0 Å². The average Bonchev–Trinajstić information content (AvgIpc) is 3.38. The number of anilines is 1. The summed E-state index contributed by atoms with van der Waals surface area (Å²) in [6.45, 7) is 2.03. The molecule has 0 saturated heterocycles. The van der Waals surface area contributed by atoms with Gasteiger partial charge in [0.15, 0.2) is 22.1 Å². The summed E-state index contributed by atoms with van der Waals surface area (Å²) in [6, 6.07) is 6.26. The number of hydrogen-bond acceptors (Lipinski definition) is 9. The van der Waals surface area contributed by atoms with E-state index in [9.17, 15) is 19.7 Å².